The predicted octanol–water partition coefficient (Wildman–Crippen LogP) is 4.94. The number of benzene rings is 1. The number of fused-ring (bicyclic) bond motifs is 2. The Balaban J connectivity index is 1.22. The molecule has 1 aliphatic carbocycles. The van der Waals surface area contributed by atoms with E-state index in [9.17, 15) is 9.59 Å². The van der Waals surface area contributed by atoms with Crippen molar-refractivity contribution in [3.05, 3.63) is 47.7 Å². The maximum Gasteiger partial charge on any atom is 0.255 e. The number of rotatable bonds is 8. The first-order valence-electron chi connectivity index (χ1n) is 16.9. The van der Waals surface area contributed by atoms with E-state index in [1.165, 1.54) is 29.4 Å². The summed E-state index contributed by atoms with van der Waals surface area (Å²) in [6.07, 6.45) is 8.91. The first-order valence-corrected chi connectivity index (χ1v) is 16.9. The normalized spacial score (nSPS) is 19.3. The standard InChI is InChI=1S/C36H47N7O3/c1-23-34(38-43-21-27(18-32(46-4)35(23)43)36(45)41-13-5-6-28(37)22-41)31-17-26-9-10-29(19-30(26)42(31)20-25-7-8-25)40-14-11-24(12-15-40)16-33(44)39(2)3/h9-10,17-19,21,24-25,28H,5-8,11-16,20,22,37H2,1-4H3/t28-/m1/s1. The Kier molecular flexibility index (Phi) is 8.17. The molecular formula is C36H47N7O3. The number of nitrogens with zero attached hydrogens (tertiary/aromatic N) is 6. The summed E-state index contributed by atoms with van der Waals surface area (Å²) in [6, 6.07) is 11.0. The largest absolute Gasteiger partial charge is 0.494 e. The van der Waals surface area contributed by atoms with Crippen molar-refractivity contribution in [3.8, 4) is 17.1 Å². The van der Waals surface area contributed by atoms with Crippen LogP contribution >= 0.6 is 0 Å². The molecule has 10 nitrogen and oxygen atoms in total. The Labute approximate surface area is 271 Å². The smallest absolute Gasteiger partial charge is 0.255 e. The second kappa shape index (κ2) is 12.3. The van der Waals surface area contributed by atoms with Crippen LogP contribution in [0.2, 0.25) is 0 Å². The number of ether oxygens (including phenoxy) is 1. The summed E-state index contributed by atoms with van der Waals surface area (Å²) < 4.78 is 10.1. The third-order valence-corrected chi connectivity index (χ3v) is 10.4. The van der Waals surface area contributed by atoms with Crippen LogP contribution in [0.25, 0.3) is 27.8 Å². The molecule has 46 heavy (non-hydrogen) atoms. The number of amides is 2. The van der Waals surface area contributed by atoms with E-state index in [1.807, 2.05) is 35.8 Å². The Bertz CT molecular complexity index is 1780. The first kappa shape index (κ1) is 30.6. The molecule has 3 aromatic heterocycles. The lowest BCUT2D eigenvalue weighted by Crippen LogP contribution is -2.45. The van der Waals surface area contributed by atoms with Gasteiger partial charge < -0.3 is 29.7 Å². The number of pyridine rings is 1. The van der Waals surface area contributed by atoms with Crippen molar-refractivity contribution in [1.29, 1.82) is 0 Å². The van der Waals surface area contributed by atoms with Crippen LogP contribution in [-0.2, 0) is 11.3 Å². The van der Waals surface area contributed by atoms with Gasteiger partial charge in [-0.05, 0) is 81.5 Å². The van der Waals surface area contributed by atoms with Crippen LogP contribution in [0.5, 0.6) is 5.75 Å². The molecule has 0 unspecified atom stereocenters. The van der Waals surface area contributed by atoms with Crippen LogP contribution in [0, 0.1) is 18.8 Å². The number of methoxy groups -OCH3 is 1. The average Bonchev–Trinajstić information content (AvgIpc) is 3.73. The summed E-state index contributed by atoms with van der Waals surface area (Å²) in [5.41, 5.74) is 13.1. The summed E-state index contributed by atoms with van der Waals surface area (Å²) in [6.45, 7) is 6.26. The van der Waals surface area contributed by atoms with Gasteiger partial charge in [-0.1, -0.05) is 6.07 Å². The van der Waals surface area contributed by atoms with Gasteiger partial charge >= 0.3 is 0 Å². The van der Waals surface area contributed by atoms with Crippen LogP contribution in [0.4, 0.5) is 5.69 Å². The Hall–Kier alpha value is -4.05. The summed E-state index contributed by atoms with van der Waals surface area (Å²) in [5.74, 6) is 1.96. The molecule has 5 heterocycles. The summed E-state index contributed by atoms with van der Waals surface area (Å²) in [4.78, 5) is 31.8. The fraction of sp³-hybridized carbons (Fsp3) is 0.528. The number of aromatic nitrogens is 3. The topological polar surface area (TPSA) is 101 Å². The molecule has 3 aliphatic rings. The van der Waals surface area contributed by atoms with Gasteiger partial charge in [0.15, 0.2) is 0 Å². The van der Waals surface area contributed by atoms with Gasteiger partial charge in [0.2, 0.25) is 5.91 Å². The maximum atomic E-state index is 13.5. The molecule has 244 valence electrons. The Morgan fingerprint density at radius 1 is 1.02 bits per heavy atom. The van der Waals surface area contributed by atoms with E-state index >= 15 is 0 Å². The molecule has 2 N–H and O–H groups in total. The van der Waals surface area contributed by atoms with Crippen molar-refractivity contribution in [1.82, 2.24) is 24.0 Å². The van der Waals surface area contributed by atoms with Crippen LogP contribution in [0.3, 0.4) is 0 Å². The van der Waals surface area contributed by atoms with Gasteiger partial charge in [-0.25, -0.2) is 4.52 Å². The second-order valence-electron chi connectivity index (χ2n) is 14.0. The van der Waals surface area contributed by atoms with Gasteiger partial charge in [-0.2, -0.15) is 5.10 Å². The van der Waals surface area contributed by atoms with Gasteiger partial charge in [0, 0.05) is 82.1 Å². The number of hydrogen-bond acceptors (Lipinski definition) is 6. The van der Waals surface area contributed by atoms with E-state index in [0.717, 1.165) is 67.8 Å². The zero-order valence-corrected chi connectivity index (χ0v) is 27.7. The monoisotopic (exact) mass is 625 g/mol. The molecule has 2 amide bonds. The van der Waals surface area contributed by atoms with Crippen molar-refractivity contribution in [3.63, 3.8) is 0 Å². The fourth-order valence-electron chi connectivity index (χ4n) is 7.40. The van der Waals surface area contributed by atoms with E-state index < -0.39 is 0 Å². The van der Waals surface area contributed by atoms with Gasteiger partial charge in [-0.15, -0.1) is 0 Å². The second-order valence-corrected chi connectivity index (χ2v) is 14.0. The lowest BCUT2D eigenvalue weighted by molar-refractivity contribution is -0.129. The number of carbonyl (C=O) groups is 2. The molecule has 1 saturated carbocycles. The van der Waals surface area contributed by atoms with E-state index in [1.54, 1.807) is 12.0 Å². The van der Waals surface area contributed by atoms with E-state index in [4.69, 9.17) is 15.6 Å². The van der Waals surface area contributed by atoms with Gasteiger partial charge in [0.25, 0.3) is 5.91 Å². The highest BCUT2D eigenvalue weighted by molar-refractivity contribution is 5.96. The van der Waals surface area contributed by atoms with Crippen LogP contribution in [-0.4, -0.2) is 89.2 Å². The number of aryl methyl sites for hydroxylation is 1. The van der Waals surface area contributed by atoms with Crippen molar-refractivity contribution < 1.29 is 14.3 Å². The molecule has 0 spiro atoms. The SMILES string of the molecule is COc1cc(C(=O)N2CCC[C@@H](N)C2)cn2nc(-c3cc4ccc(N5CCC(CC(=O)N(C)C)CC5)cc4n3CC3CC3)c(C)c12. The molecule has 3 fully saturated rings. The number of likely N-dealkylation sites (tertiary alicyclic amines) is 1. The number of anilines is 1. The summed E-state index contributed by atoms with van der Waals surface area (Å²) >= 11 is 0. The highest BCUT2D eigenvalue weighted by atomic mass is 16.5. The molecule has 0 radical (unpaired) electrons. The van der Waals surface area contributed by atoms with E-state index in [2.05, 4.69) is 40.7 Å². The fourth-order valence-corrected chi connectivity index (χ4v) is 7.40. The Morgan fingerprint density at radius 2 is 1.80 bits per heavy atom. The van der Waals surface area contributed by atoms with Gasteiger partial charge in [-0.3, -0.25) is 9.59 Å². The third kappa shape index (κ3) is 5.83. The van der Waals surface area contributed by atoms with Crippen LogP contribution in [0.1, 0.15) is 60.9 Å². The van der Waals surface area contributed by atoms with Crippen molar-refractivity contribution in [2.75, 3.05) is 52.3 Å². The minimum Gasteiger partial charge on any atom is -0.494 e. The molecule has 2 saturated heterocycles. The van der Waals surface area contributed by atoms with Gasteiger partial charge in [0.05, 0.1) is 23.9 Å². The lowest BCUT2D eigenvalue weighted by Gasteiger charge is -2.34. The molecule has 1 aromatic carbocycles. The maximum absolute atomic E-state index is 13.5. The van der Waals surface area contributed by atoms with E-state index in [-0.39, 0.29) is 17.9 Å². The predicted molar refractivity (Wildman–Crippen MR) is 181 cm³/mol. The summed E-state index contributed by atoms with van der Waals surface area (Å²) in [5, 5.41) is 6.31. The molecular weight excluding hydrogens is 578 g/mol. The minimum absolute atomic E-state index is 0.0152. The van der Waals surface area contributed by atoms with Gasteiger partial charge in [0.1, 0.15) is 17.0 Å². The number of hydrogen-bond donors (Lipinski definition) is 1. The zero-order valence-electron chi connectivity index (χ0n) is 27.7. The molecule has 10 heteroatoms. The highest BCUT2D eigenvalue weighted by Gasteiger charge is 2.29. The third-order valence-electron chi connectivity index (χ3n) is 10.4. The number of carbonyl (C=O) groups excluding carboxylic acids is 2. The zero-order chi connectivity index (χ0) is 32.1. The Morgan fingerprint density at radius 3 is 2.50 bits per heavy atom. The number of nitrogens with two attached hydrogens (primary N) is 1. The molecule has 7 rings (SSSR count). The quantitative estimate of drug-likeness (QED) is 0.298. The highest BCUT2D eigenvalue weighted by Crippen LogP contribution is 2.39. The lowest BCUT2D eigenvalue weighted by atomic mass is 9.92. The molecule has 2 aliphatic heterocycles. The van der Waals surface area contributed by atoms with Crippen molar-refractivity contribution in [2.24, 2.45) is 17.6 Å². The summed E-state index contributed by atoms with van der Waals surface area (Å²) in [7, 11) is 5.33. The first-order chi connectivity index (χ1) is 22.2. The van der Waals surface area contributed by atoms with Crippen molar-refractivity contribution >= 4 is 33.9 Å². The van der Waals surface area contributed by atoms with Crippen LogP contribution in [0.15, 0.2) is 36.5 Å². The minimum atomic E-state index is -0.0336. The van der Waals surface area contributed by atoms with Crippen molar-refractivity contribution in [2.45, 2.75) is 64.5 Å². The van der Waals surface area contributed by atoms with Crippen LogP contribution < -0.4 is 15.4 Å². The number of piperidine rings is 2. The molecule has 4 aromatic rings. The molecule has 0 bridgehead atoms. The molecule has 1 atom stereocenters. The van der Waals surface area contributed by atoms with E-state index in [0.29, 0.717) is 42.7 Å². The average molecular weight is 626 g/mol.